The van der Waals surface area contributed by atoms with Crippen LogP contribution in [-0.2, 0) is 0 Å². The van der Waals surface area contributed by atoms with Gasteiger partial charge in [-0.25, -0.2) is 8.78 Å². The lowest BCUT2D eigenvalue weighted by Crippen LogP contribution is -1.95. The summed E-state index contributed by atoms with van der Waals surface area (Å²) in [5.74, 6) is -1.20. The molecule has 2 N–H and O–H groups in total. The fraction of sp³-hybridized carbons (Fsp3) is 0. The van der Waals surface area contributed by atoms with E-state index in [4.69, 9.17) is 5.26 Å². The van der Waals surface area contributed by atoms with E-state index >= 15 is 0 Å². The van der Waals surface area contributed by atoms with E-state index in [1.54, 1.807) is 24.3 Å². The highest BCUT2D eigenvalue weighted by Gasteiger charge is 2.09. The van der Waals surface area contributed by atoms with Crippen LogP contribution in [-0.4, -0.2) is 20.6 Å². The summed E-state index contributed by atoms with van der Waals surface area (Å²) in [5.41, 5.74) is 1.68. The molecule has 0 aliphatic heterocycles. The first-order valence-corrected chi connectivity index (χ1v) is 6.83. The van der Waals surface area contributed by atoms with E-state index in [0.717, 1.165) is 6.07 Å². The second-order valence-electron chi connectivity index (χ2n) is 4.75. The Morgan fingerprint density at radius 2 is 1.92 bits per heavy atom. The third kappa shape index (κ3) is 3.25. The van der Waals surface area contributed by atoms with Crippen LogP contribution in [0, 0.1) is 23.0 Å². The molecular formula is C16H10F2N6. The van der Waals surface area contributed by atoms with Crippen LogP contribution in [0.4, 0.5) is 14.5 Å². The van der Waals surface area contributed by atoms with Crippen LogP contribution >= 0.6 is 0 Å². The van der Waals surface area contributed by atoms with Crippen LogP contribution in [0.3, 0.4) is 0 Å². The number of halogens is 2. The molecule has 3 rings (SSSR count). The maximum Gasteiger partial charge on any atom is 0.216 e. The maximum absolute atomic E-state index is 13.5. The standard InChI is InChI=1S/C16H10F2N6/c17-12-5-10(6-13(18)7-12)14-3-1-2-4-15(14)20-9-11(8-19)16-21-23-24-22-16/h1-7,9,20H,(H,21,22,23,24). The molecule has 3 aromatic rings. The number of nitrogens with zero attached hydrogens (tertiary/aromatic N) is 4. The summed E-state index contributed by atoms with van der Waals surface area (Å²) in [5, 5.41) is 25.2. The van der Waals surface area contributed by atoms with Crippen molar-refractivity contribution in [1.29, 1.82) is 5.26 Å². The fourth-order valence-corrected chi connectivity index (χ4v) is 2.14. The number of allylic oxidation sites excluding steroid dienone is 1. The predicted molar refractivity (Wildman–Crippen MR) is 83.2 cm³/mol. The third-order valence-electron chi connectivity index (χ3n) is 3.18. The van der Waals surface area contributed by atoms with Crippen LogP contribution in [0.15, 0.2) is 48.7 Å². The van der Waals surface area contributed by atoms with E-state index in [0.29, 0.717) is 16.8 Å². The first-order chi connectivity index (χ1) is 11.7. The molecule has 8 heteroatoms. The molecule has 0 bridgehead atoms. The van der Waals surface area contributed by atoms with Gasteiger partial charge in [-0.05, 0) is 29.0 Å². The van der Waals surface area contributed by atoms with E-state index in [2.05, 4.69) is 25.9 Å². The number of benzene rings is 2. The van der Waals surface area contributed by atoms with E-state index in [-0.39, 0.29) is 11.4 Å². The first-order valence-electron chi connectivity index (χ1n) is 6.83. The van der Waals surface area contributed by atoms with E-state index in [1.807, 2.05) is 6.07 Å². The number of rotatable bonds is 4. The molecule has 0 aliphatic rings. The van der Waals surface area contributed by atoms with Gasteiger partial charge in [-0.1, -0.05) is 18.2 Å². The number of H-pyrrole nitrogens is 1. The van der Waals surface area contributed by atoms with Gasteiger partial charge in [-0.3, -0.25) is 0 Å². The molecule has 0 saturated heterocycles. The minimum atomic E-state index is -0.667. The van der Waals surface area contributed by atoms with Crippen molar-refractivity contribution in [3.63, 3.8) is 0 Å². The molecule has 0 atom stereocenters. The number of nitriles is 1. The Labute approximate surface area is 135 Å². The molecule has 0 spiro atoms. The van der Waals surface area contributed by atoms with Gasteiger partial charge >= 0.3 is 0 Å². The second kappa shape index (κ2) is 6.66. The molecule has 0 unspecified atom stereocenters. The minimum absolute atomic E-state index is 0.138. The van der Waals surface area contributed by atoms with Crippen molar-refractivity contribution < 1.29 is 8.78 Å². The van der Waals surface area contributed by atoms with E-state index in [1.165, 1.54) is 18.3 Å². The molecule has 0 saturated carbocycles. The lowest BCUT2D eigenvalue weighted by molar-refractivity contribution is 0.584. The lowest BCUT2D eigenvalue weighted by Gasteiger charge is -2.10. The van der Waals surface area contributed by atoms with Gasteiger partial charge in [0.25, 0.3) is 0 Å². The number of tetrazole rings is 1. The first kappa shape index (κ1) is 15.3. The van der Waals surface area contributed by atoms with Gasteiger partial charge in [-0.2, -0.15) is 10.5 Å². The smallest absolute Gasteiger partial charge is 0.216 e. The van der Waals surface area contributed by atoms with Crippen molar-refractivity contribution in [3.05, 3.63) is 66.1 Å². The third-order valence-corrected chi connectivity index (χ3v) is 3.18. The summed E-state index contributed by atoms with van der Waals surface area (Å²) in [6, 6.07) is 12.2. The number of anilines is 1. The van der Waals surface area contributed by atoms with Crippen molar-refractivity contribution in [1.82, 2.24) is 20.6 Å². The zero-order valence-electron chi connectivity index (χ0n) is 12.2. The van der Waals surface area contributed by atoms with Gasteiger partial charge in [0.1, 0.15) is 23.3 Å². The van der Waals surface area contributed by atoms with Crippen LogP contribution in [0.1, 0.15) is 5.82 Å². The van der Waals surface area contributed by atoms with Crippen LogP contribution in [0.2, 0.25) is 0 Å². The normalized spacial score (nSPS) is 11.1. The molecule has 118 valence electrons. The quantitative estimate of drug-likeness (QED) is 0.720. The molecule has 0 aliphatic carbocycles. The number of para-hydroxylation sites is 1. The Bertz CT molecular complexity index is 908. The van der Waals surface area contributed by atoms with Gasteiger partial charge in [0, 0.05) is 23.5 Å². The average Bonchev–Trinajstić information content (AvgIpc) is 3.09. The fourth-order valence-electron chi connectivity index (χ4n) is 2.14. The molecule has 0 amide bonds. The van der Waals surface area contributed by atoms with Crippen molar-refractivity contribution in [2.24, 2.45) is 0 Å². The monoisotopic (exact) mass is 324 g/mol. The largest absolute Gasteiger partial charge is 0.360 e. The van der Waals surface area contributed by atoms with Crippen molar-refractivity contribution in [2.75, 3.05) is 5.32 Å². The molecular weight excluding hydrogens is 314 g/mol. The number of aromatic amines is 1. The number of hydrogen-bond acceptors (Lipinski definition) is 5. The zero-order valence-corrected chi connectivity index (χ0v) is 12.2. The molecule has 1 aromatic heterocycles. The van der Waals surface area contributed by atoms with Gasteiger partial charge in [0.15, 0.2) is 0 Å². The van der Waals surface area contributed by atoms with E-state index < -0.39 is 11.6 Å². The molecule has 6 nitrogen and oxygen atoms in total. The van der Waals surface area contributed by atoms with Crippen molar-refractivity contribution in [2.45, 2.75) is 0 Å². The number of nitrogens with one attached hydrogen (secondary N) is 2. The zero-order chi connectivity index (χ0) is 16.9. The summed E-state index contributed by atoms with van der Waals surface area (Å²) in [6.45, 7) is 0. The maximum atomic E-state index is 13.5. The Kier molecular flexibility index (Phi) is 4.25. The summed E-state index contributed by atoms with van der Waals surface area (Å²) >= 11 is 0. The van der Waals surface area contributed by atoms with Crippen LogP contribution < -0.4 is 5.32 Å². The average molecular weight is 324 g/mol. The van der Waals surface area contributed by atoms with Crippen molar-refractivity contribution >= 4 is 11.3 Å². The predicted octanol–water partition coefficient (Wildman–Crippen LogP) is 3.12. The van der Waals surface area contributed by atoms with Crippen LogP contribution in [0.25, 0.3) is 16.7 Å². The molecule has 1 heterocycles. The second-order valence-corrected chi connectivity index (χ2v) is 4.75. The number of hydrogen-bond donors (Lipinski definition) is 2. The Morgan fingerprint density at radius 1 is 1.17 bits per heavy atom. The van der Waals surface area contributed by atoms with Gasteiger partial charge < -0.3 is 5.32 Å². The molecule has 24 heavy (non-hydrogen) atoms. The SMILES string of the molecule is N#CC(=CNc1ccccc1-c1cc(F)cc(F)c1)c1nn[nH]n1. The topological polar surface area (TPSA) is 90.3 Å². The Hall–Kier alpha value is -3.60. The highest BCUT2D eigenvalue weighted by molar-refractivity contribution is 5.81. The van der Waals surface area contributed by atoms with Gasteiger partial charge in [-0.15, -0.1) is 10.2 Å². The minimum Gasteiger partial charge on any atom is -0.360 e. The van der Waals surface area contributed by atoms with E-state index in [9.17, 15) is 8.78 Å². The summed E-state index contributed by atoms with van der Waals surface area (Å²) in [7, 11) is 0. The molecule has 2 aromatic carbocycles. The Morgan fingerprint density at radius 3 is 2.58 bits per heavy atom. The van der Waals surface area contributed by atoms with Gasteiger partial charge in [0.05, 0.1) is 0 Å². The Balaban J connectivity index is 1.97. The summed E-state index contributed by atoms with van der Waals surface area (Å²) in [4.78, 5) is 0. The summed E-state index contributed by atoms with van der Waals surface area (Å²) in [6.07, 6.45) is 1.40. The van der Waals surface area contributed by atoms with Crippen LogP contribution in [0.5, 0.6) is 0 Å². The summed E-state index contributed by atoms with van der Waals surface area (Å²) < 4.78 is 26.9. The molecule has 0 fully saturated rings. The highest BCUT2D eigenvalue weighted by atomic mass is 19.1. The highest BCUT2D eigenvalue weighted by Crippen LogP contribution is 2.29. The van der Waals surface area contributed by atoms with Crippen molar-refractivity contribution in [3.8, 4) is 17.2 Å². The number of aromatic nitrogens is 4. The van der Waals surface area contributed by atoms with Gasteiger partial charge in [0.2, 0.25) is 5.82 Å². The lowest BCUT2D eigenvalue weighted by atomic mass is 10.0. The molecule has 0 radical (unpaired) electrons.